The monoisotopic (exact) mass is 323 g/mol. The second-order valence-electron chi connectivity index (χ2n) is 4.25. The van der Waals surface area contributed by atoms with Crippen molar-refractivity contribution in [1.82, 2.24) is 9.88 Å². The molecule has 0 aromatic heterocycles. The van der Waals surface area contributed by atoms with Gasteiger partial charge >= 0.3 is 21.0 Å². The van der Waals surface area contributed by atoms with Crippen LogP contribution in [0.25, 0.3) is 0 Å². The van der Waals surface area contributed by atoms with Crippen LogP contribution in [-0.4, -0.2) is 71.1 Å². The van der Waals surface area contributed by atoms with Crippen LogP contribution in [-0.2, 0) is 18.1 Å². The molecule has 0 radical (unpaired) electrons. The minimum absolute atomic E-state index is 0.128. The molecule has 0 heterocycles. The number of nitrogens with zero attached hydrogens (tertiary/aromatic N) is 1. The molecule has 0 fully saturated rings. The summed E-state index contributed by atoms with van der Waals surface area (Å²) in [6.07, 6.45) is 0.815. The van der Waals surface area contributed by atoms with Crippen molar-refractivity contribution in [3.8, 4) is 0 Å². The van der Waals surface area contributed by atoms with Crippen LogP contribution in [0.4, 0.5) is 4.79 Å². The van der Waals surface area contributed by atoms with Gasteiger partial charge in [0.1, 0.15) is 6.04 Å². The van der Waals surface area contributed by atoms with Crippen LogP contribution >= 0.6 is 0 Å². The van der Waals surface area contributed by atoms with Gasteiger partial charge < -0.3 is 29.4 Å². The Hall–Kier alpha value is -1.20. The molecule has 10 heteroatoms. The van der Waals surface area contributed by atoms with Crippen molar-refractivity contribution in [2.24, 2.45) is 5.73 Å². The summed E-state index contributed by atoms with van der Waals surface area (Å²) in [7, 11) is 0.980. The van der Waals surface area contributed by atoms with Gasteiger partial charge in [-0.15, -0.1) is 0 Å². The van der Waals surface area contributed by atoms with E-state index in [0.717, 1.165) is 0 Å². The Labute approximate surface area is 125 Å². The lowest BCUT2D eigenvalue weighted by Gasteiger charge is -2.34. The first-order valence-electron chi connectivity index (χ1n) is 6.57. The molecule has 21 heavy (non-hydrogen) atoms. The topological polar surface area (TPSA) is 123 Å². The minimum Gasteiger partial charge on any atom is -0.480 e. The van der Waals surface area contributed by atoms with Crippen LogP contribution < -0.4 is 11.1 Å². The molecular formula is C11H25N3O6Si. The van der Waals surface area contributed by atoms with Crippen LogP contribution in [0.3, 0.4) is 0 Å². The van der Waals surface area contributed by atoms with Crippen molar-refractivity contribution >= 4 is 21.0 Å². The number of urea groups is 1. The number of aliphatic carboxylic acids is 1. The fraction of sp³-hybridized carbons (Fsp3) is 0.818. The van der Waals surface area contributed by atoms with Crippen LogP contribution in [0.2, 0.25) is 0 Å². The van der Waals surface area contributed by atoms with Crippen molar-refractivity contribution in [1.29, 1.82) is 0 Å². The fourth-order valence-corrected chi connectivity index (χ4v) is 3.71. The number of carboxylic acid groups (broad SMARTS) is 1. The third-order valence-corrected chi connectivity index (χ3v) is 5.48. The Balaban J connectivity index is 4.72. The van der Waals surface area contributed by atoms with Gasteiger partial charge in [-0.25, -0.2) is 4.79 Å². The molecule has 0 aromatic carbocycles. The van der Waals surface area contributed by atoms with E-state index in [4.69, 9.17) is 24.1 Å². The average Bonchev–Trinajstić information content (AvgIpc) is 2.48. The lowest BCUT2D eigenvalue weighted by Crippen LogP contribution is -2.64. The maximum Gasteiger partial charge on any atom is 0.636 e. The van der Waals surface area contributed by atoms with Crippen molar-refractivity contribution in [2.45, 2.75) is 25.8 Å². The van der Waals surface area contributed by atoms with E-state index in [-0.39, 0.29) is 13.0 Å². The van der Waals surface area contributed by atoms with Gasteiger partial charge in [-0.05, 0) is 12.8 Å². The zero-order chi connectivity index (χ0) is 16.5. The number of nitrogens with two attached hydrogens (primary N) is 1. The molecule has 0 aliphatic heterocycles. The molecule has 0 rings (SSSR count). The minimum atomic E-state index is -3.26. The first kappa shape index (κ1) is 19.8. The molecule has 0 bridgehead atoms. The second kappa shape index (κ2) is 9.68. The van der Waals surface area contributed by atoms with Crippen LogP contribution in [0, 0.1) is 0 Å². The normalized spacial score (nSPS) is 12.8. The Morgan fingerprint density at radius 1 is 1.29 bits per heavy atom. The second-order valence-corrected chi connectivity index (χ2v) is 7.07. The van der Waals surface area contributed by atoms with E-state index in [1.807, 2.05) is 6.92 Å². The van der Waals surface area contributed by atoms with Gasteiger partial charge in [0.05, 0.1) is 0 Å². The van der Waals surface area contributed by atoms with Gasteiger partial charge in [-0.1, -0.05) is 6.92 Å². The number of carbonyl (C=O) groups is 2. The average molecular weight is 323 g/mol. The Morgan fingerprint density at radius 2 is 1.81 bits per heavy atom. The van der Waals surface area contributed by atoms with E-state index < -0.39 is 27.0 Å². The molecule has 0 aliphatic carbocycles. The highest BCUT2D eigenvalue weighted by Gasteiger charge is 2.49. The van der Waals surface area contributed by atoms with Crippen LogP contribution in [0.5, 0.6) is 0 Å². The molecule has 9 nitrogen and oxygen atoms in total. The van der Waals surface area contributed by atoms with E-state index in [9.17, 15) is 9.59 Å². The van der Waals surface area contributed by atoms with Crippen LogP contribution in [0.1, 0.15) is 19.8 Å². The molecule has 0 spiro atoms. The van der Waals surface area contributed by atoms with E-state index in [2.05, 4.69) is 5.32 Å². The lowest BCUT2D eigenvalue weighted by atomic mass is 10.2. The van der Waals surface area contributed by atoms with Gasteiger partial charge in [-0.2, -0.15) is 0 Å². The van der Waals surface area contributed by atoms with E-state index in [1.165, 1.54) is 25.9 Å². The smallest absolute Gasteiger partial charge is 0.480 e. The summed E-state index contributed by atoms with van der Waals surface area (Å²) < 4.78 is 17.2. The van der Waals surface area contributed by atoms with E-state index >= 15 is 0 Å². The van der Waals surface area contributed by atoms with Crippen LogP contribution in [0.15, 0.2) is 0 Å². The number of amides is 2. The molecule has 0 saturated heterocycles. The molecule has 1 unspecified atom stereocenters. The van der Waals surface area contributed by atoms with Gasteiger partial charge in [-0.3, -0.25) is 9.36 Å². The molecule has 0 aliphatic rings. The Kier molecular flexibility index (Phi) is 9.13. The largest absolute Gasteiger partial charge is 0.636 e. The summed E-state index contributed by atoms with van der Waals surface area (Å²) in [6.45, 7) is 2.42. The first-order chi connectivity index (χ1) is 9.88. The maximum atomic E-state index is 12.2. The Bertz CT molecular complexity index is 332. The fourth-order valence-electron chi connectivity index (χ4n) is 1.72. The standard InChI is InChI=1S/C11H25N3O6Si/c1-5-8-14(21(18-2,19-3)20-4)11(17)13-7-6-9(12)10(15)16/h9H,5-8,12H2,1-4H3,(H,13,17)(H,15,16). The van der Waals surface area contributed by atoms with Gasteiger partial charge in [0.25, 0.3) is 0 Å². The lowest BCUT2D eigenvalue weighted by molar-refractivity contribution is -0.138. The molecule has 124 valence electrons. The zero-order valence-electron chi connectivity index (χ0n) is 12.9. The molecule has 4 N–H and O–H groups in total. The summed E-state index contributed by atoms with van der Waals surface area (Å²) in [6, 6.07) is -1.45. The van der Waals surface area contributed by atoms with E-state index in [0.29, 0.717) is 13.0 Å². The van der Waals surface area contributed by atoms with Gasteiger partial charge in [0, 0.05) is 34.4 Å². The highest BCUT2D eigenvalue weighted by molar-refractivity contribution is 6.60. The predicted octanol–water partition coefficient (Wildman–Crippen LogP) is -0.415. The van der Waals surface area contributed by atoms with Crippen molar-refractivity contribution in [3.63, 3.8) is 0 Å². The predicted molar refractivity (Wildman–Crippen MR) is 77.4 cm³/mol. The quantitative estimate of drug-likeness (QED) is 0.467. The highest BCUT2D eigenvalue weighted by atomic mass is 28.4. The molecule has 0 aromatic rings. The van der Waals surface area contributed by atoms with Crippen molar-refractivity contribution in [3.05, 3.63) is 0 Å². The van der Waals surface area contributed by atoms with E-state index in [1.54, 1.807) is 0 Å². The number of carbonyl (C=O) groups excluding carboxylic acids is 1. The molecular weight excluding hydrogens is 298 g/mol. The summed E-state index contributed by atoms with van der Waals surface area (Å²) in [5.74, 6) is -1.11. The third-order valence-electron chi connectivity index (χ3n) is 2.85. The van der Waals surface area contributed by atoms with Crippen molar-refractivity contribution in [2.75, 3.05) is 34.4 Å². The summed E-state index contributed by atoms with van der Waals surface area (Å²) in [4.78, 5) is 22.8. The maximum absolute atomic E-state index is 12.2. The molecule has 0 saturated carbocycles. The number of hydrogen-bond donors (Lipinski definition) is 3. The third kappa shape index (κ3) is 5.59. The van der Waals surface area contributed by atoms with Gasteiger partial charge in [0.2, 0.25) is 0 Å². The SMILES string of the molecule is CCCN(C(=O)NCCC(N)C(=O)O)[Si](OC)(OC)OC. The number of carboxylic acids is 1. The summed E-state index contributed by atoms with van der Waals surface area (Å²) >= 11 is 0. The summed E-state index contributed by atoms with van der Waals surface area (Å²) in [5, 5.41) is 11.3. The summed E-state index contributed by atoms with van der Waals surface area (Å²) in [5.41, 5.74) is 5.37. The van der Waals surface area contributed by atoms with Gasteiger partial charge in [0.15, 0.2) is 0 Å². The van der Waals surface area contributed by atoms with Crippen molar-refractivity contribution < 1.29 is 28.0 Å². The molecule has 1 atom stereocenters. The molecule has 2 amide bonds. The number of rotatable bonds is 10. The highest BCUT2D eigenvalue weighted by Crippen LogP contribution is 2.14. The number of nitrogens with one attached hydrogen (secondary N) is 1. The first-order valence-corrected chi connectivity index (χ1v) is 8.25. The zero-order valence-corrected chi connectivity index (χ0v) is 13.9. The Morgan fingerprint density at radius 3 is 2.19 bits per heavy atom. The number of hydrogen-bond acceptors (Lipinski definition) is 6.